The highest BCUT2D eigenvalue weighted by molar-refractivity contribution is 7.74. The van der Waals surface area contributed by atoms with Crippen molar-refractivity contribution in [2.45, 2.75) is 52.0 Å². The van der Waals surface area contributed by atoms with Crippen LogP contribution in [0.3, 0.4) is 0 Å². The number of nitrogens with zero attached hydrogens (tertiary/aromatic N) is 3. The van der Waals surface area contributed by atoms with E-state index in [1.54, 1.807) is 42.5 Å². The summed E-state index contributed by atoms with van der Waals surface area (Å²) in [6.45, 7) is 8.16. The number of amides is 1. The molecule has 11 nitrogen and oxygen atoms in total. The van der Waals surface area contributed by atoms with Gasteiger partial charge < -0.3 is 28.3 Å². The molecule has 300 valence electrons. The molecule has 0 atom stereocenters. The quantitative estimate of drug-likeness (QED) is 0.113. The maximum absolute atomic E-state index is 15.0. The molecule has 3 aromatic heterocycles. The first-order valence-electron chi connectivity index (χ1n) is 19.1. The summed E-state index contributed by atoms with van der Waals surface area (Å²) in [5, 5.41) is 3.47. The minimum absolute atomic E-state index is 0.0441. The summed E-state index contributed by atoms with van der Waals surface area (Å²) >= 11 is 0. The van der Waals surface area contributed by atoms with Crippen molar-refractivity contribution in [2.75, 3.05) is 17.9 Å². The number of halogens is 2. The molecule has 1 fully saturated rings. The summed E-state index contributed by atoms with van der Waals surface area (Å²) in [6, 6.07) is 26.5. The summed E-state index contributed by atoms with van der Waals surface area (Å²) in [6.07, 6.45) is 0.337. The fraction of sp³-hybridized carbons (Fsp3) is 0.227. The molecule has 59 heavy (non-hydrogen) atoms. The number of aromatic nitrogens is 2. The van der Waals surface area contributed by atoms with E-state index >= 15 is 0 Å². The van der Waals surface area contributed by atoms with Gasteiger partial charge in [-0.3, -0.25) is 9.10 Å². The summed E-state index contributed by atoms with van der Waals surface area (Å²) in [5.74, 6) is -0.656. The van der Waals surface area contributed by atoms with E-state index in [1.807, 2.05) is 56.5 Å². The van der Waals surface area contributed by atoms with Crippen LogP contribution in [0.1, 0.15) is 43.6 Å². The van der Waals surface area contributed by atoms with E-state index in [0.29, 0.717) is 56.7 Å². The van der Waals surface area contributed by atoms with Gasteiger partial charge >= 0.3 is 7.12 Å². The van der Waals surface area contributed by atoms with Crippen molar-refractivity contribution in [1.82, 2.24) is 14.9 Å². The molecule has 5 heterocycles. The molecule has 9 rings (SSSR count). The monoisotopic (exact) mass is 816 g/mol. The maximum atomic E-state index is 15.0. The number of thiol groups is 1. The van der Waals surface area contributed by atoms with E-state index in [2.05, 4.69) is 5.32 Å². The SMILES string of the molecule is CNC(=O)c1c(-c2ccc(F)cc2)oc2cc(N(CCc3ccc(B4OC(C)(C)C(C)(C)O4)cc3)[SH](=O)=O)c(-c3ccc4c(n3)-c3cc5c(F)cccc5n3CO4)cc12. The zero-order valence-corrected chi connectivity index (χ0v) is 33.7. The van der Waals surface area contributed by atoms with E-state index in [1.165, 1.54) is 41.7 Å². The lowest BCUT2D eigenvalue weighted by Gasteiger charge is -2.32. The van der Waals surface area contributed by atoms with E-state index in [0.717, 1.165) is 11.0 Å². The number of rotatable bonds is 9. The third kappa shape index (κ3) is 6.63. The molecule has 2 aliphatic heterocycles. The molecule has 0 radical (unpaired) electrons. The molecule has 15 heteroatoms. The number of hydrogen-bond acceptors (Lipinski definition) is 8. The Bertz CT molecular complexity index is 2870. The lowest BCUT2D eigenvalue weighted by Crippen LogP contribution is -2.41. The van der Waals surface area contributed by atoms with Crippen molar-refractivity contribution in [2.24, 2.45) is 0 Å². The van der Waals surface area contributed by atoms with Crippen molar-refractivity contribution in [3.05, 3.63) is 120 Å². The first kappa shape index (κ1) is 38.5. The smallest absolute Gasteiger partial charge is 0.470 e. The molecule has 4 aromatic carbocycles. The molecule has 0 saturated carbocycles. The Morgan fingerprint density at radius 3 is 2.34 bits per heavy atom. The van der Waals surface area contributed by atoms with Crippen LogP contribution in [0.25, 0.3) is 55.8 Å². The van der Waals surface area contributed by atoms with Crippen LogP contribution >= 0.6 is 0 Å². The van der Waals surface area contributed by atoms with Crippen LogP contribution in [0.15, 0.2) is 101 Å². The van der Waals surface area contributed by atoms with Gasteiger partial charge in [0.25, 0.3) is 5.91 Å². The summed E-state index contributed by atoms with van der Waals surface area (Å²) < 4.78 is 83.5. The van der Waals surface area contributed by atoms with Gasteiger partial charge in [-0.25, -0.2) is 22.2 Å². The van der Waals surface area contributed by atoms with E-state index in [-0.39, 0.29) is 41.7 Å². The lowest BCUT2D eigenvalue weighted by atomic mass is 9.79. The molecular weight excluding hydrogens is 777 g/mol. The minimum atomic E-state index is -3.23. The zero-order chi connectivity index (χ0) is 41.4. The lowest BCUT2D eigenvalue weighted by molar-refractivity contribution is 0.00578. The highest BCUT2D eigenvalue weighted by Gasteiger charge is 2.51. The molecular formula is C44H39BF2N4O7S. The fourth-order valence-electron chi connectivity index (χ4n) is 7.67. The molecule has 0 aliphatic carbocycles. The number of carbonyl (C=O) groups is 1. The number of ether oxygens (including phenoxy) is 1. The second kappa shape index (κ2) is 14.4. The highest BCUT2D eigenvalue weighted by atomic mass is 32.2. The van der Waals surface area contributed by atoms with Gasteiger partial charge in [-0.1, -0.05) is 30.3 Å². The van der Waals surface area contributed by atoms with Crippen molar-refractivity contribution in [3.8, 4) is 39.7 Å². The van der Waals surface area contributed by atoms with E-state index in [4.69, 9.17) is 23.4 Å². The van der Waals surface area contributed by atoms with E-state index in [9.17, 15) is 22.0 Å². The third-order valence-corrected chi connectivity index (χ3v) is 12.4. The predicted octanol–water partition coefficient (Wildman–Crippen LogP) is 7.65. The number of anilines is 1. The van der Waals surface area contributed by atoms with Gasteiger partial charge in [0.1, 0.15) is 34.4 Å². The van der Waals surface area contributed by atoms with Crippen molar-refractivity contribution in [3.63, 3.8) is 0 Å². The van der Waals surface area contributed by atoms with Gasteiger partial charge in [-0.2, -0.15) is 0 Å². The standard InChI is InChI=1S/C44H39BF2N4O7S/c1-43(2)44(3,4)58-45(57-43)27-13-9-25(10-14-27)19-20-51(59(53)54)35-23-38-31(39(42(52)48-5)41(56-38)26-11-15-28(46)16-12-26)21-30(35)33-17-18-37-40(49-33)36-22-29-32(47)7-6-8-34(29)50(36)24-55-37/h6-18,21-23,59H,19-20,24H2,1-5H3,(H,48,52). The average Bonchev–Trinajstić information content (AvgIpc) is 3.86. The second-order valence-corrected chi connectivity index (χ2v) is 16.6. The Balaban J connectivity index is 1.16. The van der Waals surface area contributed by atoms with Crippen molar-refractivity contribution in [1.29, 1.82) is 0 Å². The van der Waals surface area contributed by atoms with Crippen molar-refractivity contribution >= 4 is 56.9 Å². The topological polar surface area (TPSA) is 125 Å². The number of carbonyl (C=O) groups excluding carboxylic acids is 1. The van der Waals surface area contributed by atoms with Crippen LogP contribution in [0.2, 0.25) is 0 Å². The first-order valence-corrected chi connectivity index (χ1v) is 20.2. The largest absolute Gasteiger partial charge is 0.494 e. The molecule has 2 aliphatic rings. The molecule has 1 N–H and O–H groups in total. The number of hydrogen-bond donors (Lipinski definition) is 2. The van der Waals surface area contributed by atoms with Gasteiger partial charge in [0.2, 0.25) is 10.9 Å². The fourth-order valence-corrected chi connectivity index (χ4v) is 8.27. The van der Waals surface area contributed by atoms with Crippen LogP contribution < -0.4 is 19.8 Å². The first-order chi connectivity index (χ1) is 28.2. The molecule has 0 spiro atoms. The Hall–Kier alpha value is -6.03. The Morgan fingerprint density at radius 1 is 0.915 bits per heavy atom. The van der Waals surface area contributed by atoms with Crippen LogP contribution in [-0.4, -0.2) is 55.8 Å². The molecule has 0 unspecified atom stereocenters. The van der Waals surface area contributed by atoms with Gasteiger partial charge in [-0.15, -0.1) is 0 Å². The van der Waals surface area contributed by atoms with Crippen LogP contribution in [0, 0.1) is 11.6 Å². The third-order valence-electron chi connectivity index (χ3n) is 11.6. The maximum Gasteiger partial charge on any atom is 0.494 e. The Morgan fingerprint density at radius 2 is 1.64 bits per heavy atom. The number of pyridine rings is 1. The van der Waals surface area contributed by atoms with Crippen LogP contribution in [0.5, 0.6) is 5.75 Å². The van der Waals surface area contributed by atoms with Crippen molar-refractivity contribution < 1.29 is 40.5 Å². The van der Waals surface area contributed by atoms with Crippen LogP contribution in [0.4, 0.5) is 14.5 Å². The highest BCUT2D eigenvalue weighted by Crippen LogP contribution is 2.44. The number of benzene rings is 4. The van der Waals surface area contributed by atoms with Gasteiger partial charge in [0.05, 0.1) is 39.4 Å². The average molecular weight is 817 g/mol. The Labute approximate surface area is 340 Å². The predicted molar refractivity (Wildman–Crippen MR) is 223 cm³/mol. The molecule has 0 bridgehead atoms. The van der Waals surface area contributed by atoms with Crippen LogP contribution in [-0.2, 0) is 33.4 Å². The number of fused-ring (bicyclic) bond motifs is 6. The van der Waals surface area contributed by atoms with Gasteiger partial charge in [-0.05, 0) is 106 Å². The Kier molecular flexibility index (Phi) is 9.37. The summed E-state index contributed by atoms with van der Waals surface area (Å²) in [7, 11) is -2.29. The number of nitrogens with one attached hydrogen (secondary N) is 1. The summed E-state index contributed by atoms with van der Waals surface area (Å²) in [5.41, 5.74) is 4.27. The molecule has 7 aromatic rings. The number of furan rings is 1. The van der Waals surface area contributed by atoms with E-state index < -0.39 is 40.9 Å². The van der Waals surface area contributed by atoms with Gasteiger partial charge in [0, 0.05) is 41.6 Å². The normalized spacial score (nSPS) is 15.4. The summed E-state index contributed by atoms with van der Waals surface area (Å²) in [4.78, 5) is 18.6. The second-order valence-electron chi connectivity index (χ2n) is 15.6. The zero-order valence-electron chi connectivity index (χ0n) is 32.8. The molecule has 1 amide bonds. The minimum Gasteiger partial charge on any atom is -0.470 e. The molecule has 1 saturated heterocycles. The van der Waals surface area contributed by atoms with Gasteiger partial charge in [0.15, 0.2) is 6.73 Å².